The van der Waals surface area contributed by atoms with Crippen LogP contribution >= 0.6 is 23.2 Å². The second-order valence-electron chi connectivity index (χ2n) is 10.0. The molecular formula is C34H37Cl2N5O4. The molecule has 11 heteroatoms. The molecule has 0 aliphatic rings. The van der Waals surface area contributed by atoms with Crippen LogP contribution in [-0.4, -0.2) is 62.7 Å². The SMILES string of the molecule is CN(C)C=O.CN(C)C=O.O=C(Nc1ccccc1)N[C@H](c1ccc(Cl)cc1)[C@@H](NC(=O)c1ccccc1)c1ccc(Cl)cc1. The summed E-state index contributed by atoms with van der Waals surface area (Å²) in [4.78, 5) is 48.0. The molecule has 0 aliphatic carbocycles. The molecule has 0 aromatic heterocycles. The highest BCUT2D eigenvalue weighted by Crippen LogP contribution is 2.31. The minimum atomic E-state index is -0.621. The Morgan fingerprint density at radius 2 is 0.978 bits per heavy atom. The van der Waals surface area contributed by atoms with E-state index in [4.69, 9.17) is 23.2 Å². The molecule has 5 amide bonds. The van der Waals surface area contributed by atoms with Gasteiger partial charge in [0, 0.05) is 49.5 Å². The van der Waals surface area contributed by atoms with E-state index in [1.807, 2.05) is 48.5 Å². The average molecular weight is 651 g/mol. The van der Waals surface area contributed by atoms with Gasteiger partial charge in [-0.3, -0.25) is 14.4 Å². The summed E-state index contributed by atoms with van der Waals surface area (Å²) in [5.41, 5.74) is 2.70. The highest BCUT2D eigenvalue weighted by atomic mass is 35.5. The molecule has 45 heavy (non-hydrogen) atoms. The quantitative estimate of drug-likeness (QED) is 0.181. The van der Waals surface area contributed by atoms with Crippen molar-refractivity contribution in [3.8, 4) is 0 Å². The van der Waals surface area contributed by atoms with Crippen molar-refractivity contribution in [1.29, 1.82) is 0 Å². The van der Waals surface area contributed by atoms with Gasteiger partial charge in [0.1, 0.15) is 0 Å². The molecule has 4 aromatic carbocycles. The van der Waals surface area contributed by atoms with E-state index in [9.17, 15) is 19.2 Å². The van der Waals surface area contributed by atoms with E-state index in [2.05, 4.69) is 16.0 Å². The minimum absolute atomic E-state index is 0.269. The minimum Gasteiger partial charge on any atom is -0.351 e. The van der Waals surface area contributed by atoms with Crippen LogP contribution in [0.15, 0.2) is 109 Å². The summed E-state index contributed by atoms with van der Waals surface area (Å²) >= 11 is 12.2. The number of benzene rings is 4. The second kappa shape index (κ2) is 19.4. The topological polar surface area (TPSA) is 111 Å². The van der Waals surface area contributed by atoms with Gasteiger partial charge in [0.15, 0.2) is 0 Å². The molecule has 0 saturated carbocycles. The van der Waals surface area contributed by atoms with Crippen LogP contribution in [0.25, 0.3) is 0 Å². The molecule has 3 N–H and O–H groups in total. The fourth-order valence-corrected chi connectivity index (χ4v) is 3.95. The number of urea groups is 1. The number of carbonyl (C=O) groups is 4. The third-order valence-electron chi connectivity index (χ3n) is 5.85. The Morgan fingerprint density at radius 3 is 1.38 bits per heavy atom. The maximum absolute atomic E-state index is 13.2. The van der Waals surface area contributed by atoms with Gasteiger partial charge >= 0.3 is 6.03 Å². The van der Waals surface area contributed by atoms with Crippen LogP contribution in [0.2, 0.25) is 10.0 Å². The highest BCUT2D eigenvalue weighted by Gasteiger charge is 2.29. The zero-order chi connectivity index (χ0) is 33.2. The summed E-state index contributed by atoms with van der Waals surface area (Å²) in [5, 5.41) is 10.1. The van der Waals surface area contributed by atoms with Crippen LogP contribution in [0.1, 0.15) is 33.6 Å². The molecule has 4 aromatic rings. The lowest BCUT2D eigenvalue weighted by atomic mass is 9.93. The predicted octanol–water partition coefficient (Wildman–Crippen LogP) is 6.44. The van der Waals surface area contributed by atoms with Crippen molar-refractivity contribution in [2.75, 3.05) is 33.5 Å². The van der Waals surface area contributed by atoms with Gasteiger partial charge in [-0.25, -0.2) is 4.79 Å². The van der Waals surface area contributed by atoms with E-state index >= 15 is 0 Å². The van der Waals surface area contributed by atoms with Crippen LogP contribution < -0.4 is 16.0 Å². The number of nitrogens with one attached hydrogen (secondary N) is 3. The van der Waals surface area contributed by atoms with Gasteiger partial charge in [-0.15, -0.1) is 0 Å². The van der Waals surface area contributed by atoms with E-state index in [0.717, 1.165) is 23.9 Å². The molecule has 0 aliphatic heterocycles. The molecule has 0 unspecified atom stereocenters. The number of anilines is 1. The van der Waals surface area contributed by atoms with Gasteiger partial charge in [-0.2, -0.15) is 0 Å². The maximum atomic E-state index is 13.2. The lowest BCUT2D eigenvalue weighted by Gasteiger charge is -2.30. The van der Waals surface area contributed by atoms with Crippen molar-refractivity contribution in [3.63, 3.8) is 0 Å². The predicted molar refractivity (Wildman–Crippen MR) is 180 cm³/mol. The molecule has 2 atom stereocenters. The van der Waals surface area contributed by atoms with Crippen molar-refractivity contribution < 1.29 is 19.2 Å². The average Bonchev–Trinajstić information content (AvgIpc) is 3.05. The van der Waals surface area contributed by atoms with Gasteiger partial charge in [-0.1, -0.05) is 83.9 Å². The monoisotopic (exact) mass is 649 g/mol. The smallest absolute Gasteiger partial charge is 0.319 e. The number of nitrogens with zero attached hydrogens (tertiary/aromatic N) is 2. The number of carbonyl (C=O) groups excluding carboxylic acids is 4. The summed E-state index contributed by atoms with van der Waals surface area (Å²) < 4.78 is 0. The first-order valence-electron chi connectivity index (χ1n) is 13.8. The lowest BCUT2D eigenvalue weighted by Crippen LogP contribution is -2.42. The second-order valence-corrected chi connectivity index (χ2v) is 10.9. The molecular weight excluding hydrogens is 613 g/mol. The normalized spacial score (nSPS) is 11.1. The van der Waals surface area contributed by atoms with Crippen molar-refractivity contribution in [2.24, 2.45) is 0 Å². The number of rotatable bonds is 9. The third-order valence-corrected chi connectivity index (χ3v) is 6.36. The van der Waals surface area contributed by atoms with Crippen molar-refractivity contribution in [3.05, 3.63) is 136 Å². The first kappa shape index (κ1) is 36.3. The third kappa shape index (κ3) is 13.5. The van der Waals surface area contributed by atoms with Gasteiger partial charge in [0.2, 0.25) is 12.8 Å². The Balaban J connectivity index is 0.000000613. The van der Waals surface area contributed by atoms with E-state index in [1.54, 1.807) is 88.9 Å². The van der Waals surface area contributed by atoms with Crippen molar-refractivity contribution >= 4 is 53.6 Å². The molecule has 0 fully saturated rings. The van der Waals surface area contributed by atoms with Crippen LogP contribution in [0.5, 0.6) is 0 Å². The fraction of sp³-hybridized carbons (Fsp3) is 0.176. The molecule has 9 nitrogen and oxygen atoms in total. The number of halogens is 2. The Kier molecular flexibility index (Phi) is 15.7. The molecule has 0 spiro atoms. The standard InChI is InChI=1S/C28H23Cl2N3O2.2C3H7NO/c29-22-15-11-19(12-16-22)25(32-27(34)21-7-3-1-4-8-21)26(20-13-17-23(30)18-14-20)33-28(35)31-24-9-5-2-6-10-24;2*1-4(2)3-5/h1-18,25-26H,(H,32,34)(H2,31,33,35);2*3H,1-2H3/t25-,26+;;/m0../s1. The Hall–Kier alpha value is -4.86. The fourth-order valence-electron chi connectivity index (χ4n) is 3.70. The first-order chi connectivity index (χ1) is 21.5. The van der Waals surface area contributed by atoms with Gasteiger partial charge in [0.25, 0.3) is 5.91 Å². The largest absolute Gasteiger partial charge is 0.351 e. The molecule has 0 radical (unpaired) electrons. The van der Waals surface area contributed by atoms with Gasteiger partial charge in [0.05, 0.1) is 12.1 Å². The van der Waals surface area contributed by atoms with Gasteiger partial charge < -0.3 is 25.8 Å². The molecule has 236 valence electrons. The lowest BCUT2D eigenvalue weighted by molar-refractivity contribution is -0.116. The van der Waals surface area contributed by atoms with Crippen molar-refractivity contribution in [2.45, 2.75) is 12.1 Å². The Morgan fingerprint density at radius 1 is 0.600 bits per heavy atom. The van der Waals surface area contributed by atoms with Crippen LogP contribution in [0.4, 0.5) is 10.5 Å². The highest BCUT2D eigenvalue weighted by molar-refractivity contribution is 6.30. The Labute approximate surface area is 274 Å². The Bertz CT molecular complexity index is 1460. The van der Waals surface area contributed by atoms with Crippen molar-refractivity contribution in [1.82, 2.24) is 20.4 Å². The van der Waals surface area contributed by atoms with Crippen LogP contribution in [0.3, 0.4) is 0 Å². The molecule has 0 saturated heterocycles. The van der Waals surface area contributed by atoms with Crippen LogP contribution in [0, 0.1) is 0 Å². The summed E-state index contributed by atoms with van der Waals surface area (Å²) in [6, 6.07) is 30.7. The number of amides is 5. The van der Waals surface area contributed by atoms with E-state index < -0.39 is 18.1 Å². The molecule has 0 heterocycles. The summed E-state index contributed by atoms with van der Waals surface area (Å²) in [6.07, 6.45) is 1.50. The zero-order valence-corrected chi connectivity index (χ0v) is 27.0. The number of para-hydroxylation sites is 1. The number of hydrogen-bond acceptors (Lipinski definition) is 4. The summed E-state index contributed by atoms with van der Waals surface area (Å²) in [5.74, 6) is -0.269. The summed E-state index contributed by atoms with van der Waals surface area (Å²) in [6.45, 7) is 0. The zero-order valence-electron chi connectivity index (χ0n) is 25.5. The van der Waals surface area contributed by atoms with E-state index in [1.165, 1.54) is 9.80 Å². The van der Waals surface area contributed by atoms with E-state index in [-0.39, 0.29) is 5.91 Å². The van der Waals surface area contributed by atoms with Gasteiger partial charge in [-0.05, 0) is 59.7 Å². The van der Waals surface area contributed by atoms with Crippen LogP contribution in [-0.2, 0) is 9.59 Å². The first-order valence-corrected chi connectivity index (χ1v) is 14.5. The van der Waals surface area contributed by atoms with E-state index in [0.29, 0.717) is 21.3 Å². The molecule has 0 bridgehead atoms. The molecule has 4 rings (SSSR count). The maximum Gasteiger partial charge on any atom is 0.319 e. The number of hydrogen-bond donors (Lipinski definition) is 3. The summed E-state index contributed by atoms with van der Waals surface area (Å²) in [7, 11) is 6.75.